The topological polar surface area (TPSA) is 68.6 Å². The highest BCUT2D eigenvalue weighted by atomic mass is 19.1. The minimum atomic E-state index is -0.747. The summed E-state index contributed by atoms with van der Waals surface area (Å²) in [7, 11) is 0. The Morgan fingerprint density at radius 1 is 1.23 bits per heavy atom. The van der Waals surface area contributed by atoms with Gasteiger partial charge in [-0.05, 0) is 71.2 Å². The van der Waals surface area contributed by atoms with Crippen LogP contribution in [0.3, 0.4) is 0 Å². The van der Waals surface area contributed by atoms with Crippen molar-refractivity contribution < 1.29 is 23.5 Å². The quantitative estimate of drug-likeness (QED) is 0.464. The van der Waals surface area contributed by atoms with Gasteiger partial charge in [-0.3, -0.25) is 9.59 Å². The van der Waals surface area contributed by atoms with Crippen LogP contribution in [-0.4, -0.2) is 45.8 Å². The first-order valence-electron chi connectivity index (χ1n) is 10.7. The predicted octanol–water partition coefficient (Wildman–Crippen LogP) is 4.32. The second-order valence-corrected chi connectivity index (χ2v) is 7.89. The second kappa shape index (κ2) is 9.04. The molecule has 1 heterocycles. The van der Waals surface area contributed by atoms with Crippen LogP contribution in [-0.2, 0) is 11.3 Å². The van der Waals surface area contributed by atoms with E-state index in [9.17, 15) is 18.8 Å². The van der Waals surface area contributed by atoms with Crippen molar-refractivity contribution in [2.75, 3.05) is 6.61 Å². The summed E-state index contributed by atoms with van der Waals surface area (Å²) in [4.78, 5) is 40.9. The zero-order valence-electron chi connectivity index (χ0n) is 18.7. The third-order valence-electron chi connectivity index (χ3n) is 5.84. The molecule has 0 N–H and O–H groups in total. The lowest BCUT2D eigenvalue weighted by molar-refractivity contribution is 0.0512. The van der Waals surface area contributed by atoms with Crippen molar-refractivity contribution in [3.63, 3.8) is 0 Å². The molecule has 3 rings (SSSR count). The smallest absolute Gasteiger partial charge is 0.355 e. The molecule has 1 aliphatic rings. The monoisotopic (exact) mass is 428 g/mol. The molecule has 2 aromatic rings. The summed E-state index contributed by atoms with van der Waals surface area (Å²) < 4.78 is 20.7. The number of carbonyl (C=O) groups excluding carboxylic acids is 3. The van der Waals surface area contributed by atoms with Crippen LogP contribution in [0.25, 0.3) is 0 Å². The first-order chi connectivity index (χ1) is 14.7. The van der Waals surface area contributed by atoms with Gasteiger partial charge in [0.1, 0.15) is 11.5 Å². The Morgan fingerprint density at radius 2 is 1.90 bits per heavy atom. The van der Waals surface area contributed by atoms with Crippen LogP contribution < -0.4 is 0 Å². The van der Waals surface area contributed by atoms with Crippen molar-refractivity contribution in [1.82, 2.24) is 9.47 Å². The fourth-order valence-corrected chi connectivity index (χ4v) is 4.23. The molecule has 0 bridgehead atoms. The Bertz CT molecular complexity index is 1020. The van der Waals surface area contributed by atoms with Gasteiger partial charge < -0.3 is 14.2 Å². The summed E-state index contributed by atoms with van der Waals surface area (Å²) in [6, 6.07) is 4.72. The lowest BCUT2D eigenvalue weighted by atomic mass is 9.99. The molecule has 1 aliphatic carbocycles. The first kappa shape index (κ1) is 22.7. The Morgan fingerprint density at radius 3 is 2.45 bits per heavy atom. The molecule has 31 heavy (non-hydrogen) atoms. The number of esters is 1. The summed E-state index contributed by atoms with van der Waals surface area (Å²) in [5, 5.41) is 0. The molecule has 0 saturated heterocycles. The van der Waals surface area contributed by atoms with Crippen LogP contribution in [0, 0.1) is 19.7 Å². The first-order valence-corrected chi connectivity index (χ1v) is 10.7. The Hall–Kier alpha value is -2.96. The molecule has 0 radical (unpaired) electrons. The van der Waals surface area contributed by atoms with Crippen molar-refractivity contribution in [1.29, 1.82) is 0 Å². The van der Waals surface area contributed by atoms with Gasteiger partial charge in [0.2, 0.25) is 0 Å². The number of Topliss-reactive ketones (excluding diaryl/α,β-unsaturated/α-hetero) is 1. The van der Waals surface area contributed by atoms with Crippen LogP contribution in [0.15, 0.2) is 24.3 Å². The number of carbonyl (C=O) groups is 3. The standard InChI is InChI=1S/C24H29FN2O4/c1-6-26-15(4)20(14(3)21(26)24(30)31-7-2)22(28)16(5)27(19-11-12-19)23(29)17-9-8-10-18(25)13-17/h8-10,13,16,19H,6-7,11-12H2,1-5H3. The van der Waals surface area contributed by atoms with Gasteiger partial charge in [-0.1, -0.05) is 6.07 Å². The molecule has 1 saturated carbocycles. The molecule has 1 aromatic heterocycles. The van der Waals surface area contributed by atoms with Gasteiger partial charge in [0.15, 0.2) is 5.78 Å². The number of benzene rings is 1. The van der Waals surface area contributed by atoms with E-state index in [-0.39, 0.29) is 29.9 Å². The average molecular weight is 429 g/mol. The van der Waals surface area contributed by atoms with Crippen LogP contribution >= 0.6 is 0 Å². The van der Waals surface area contributed by atoms with Crippen molar-refractivity contribution >= 4 is 17.7 Å². The Kier molecular flexibility index (Phi) is 6.62. The predicted molar refractivity (Wildman–Crippen MR) is 115 cm³/mol. The number of rotatable bonds is 8. The largest absolute Gasteiger partial charge is 0.461 e. The van der Waals surface area contributed by atoms with E-state index in [2.05, 4.69) is 0 Å². The highest BCUT2D eigenvalue weighted by Gasteiger charge is 2.40. The number of ether oxygens (including phenoxy) is 1. The van der Waals surface area contributed by atoms with Gasteiger partial charge in [-0.25, -0.2) is 9.18 Å². The molecule has 1 fully saturated rings. The molecule has 7 heteroatoms. The fraction of sp³-hybridized carbons (Fsp3) is 0.458. The molecule has 1 aromatic carbocycles. The minimum Gasteiger partial charge on any atom is -0.461 e. The molecule has 0 spiro atoms. The SMILES string of the molecule is CCOC(=O)c1c(C)c(C(=O)C(C)N(C(=O)c2cccc(F)c2)C2CC2)c(C)n1CC. The molecule has 6 nitrogen and oxygen atoms in total. The van der Waals surface area contributed by atoms with E-state index in [1.807, 2.05) is 6.92 Å². The molecule has 0 aliphatic heterocycles. The van der Waals surface area contributed by atoms with Crippen LogP contribution in [0.5, 0.6) is 0 Å². The lowest BCUT2D eigenvalue weighted by Gasteiger charge is -2.29. The zero-order valence-corrected chi connectivity index (χ0v) is 18.7. The number of aromatic nitrogens is 1. The normalized spacial score (nSPS) is 14.3. The van der Waals surface area contributed by atoms with Crippen molar-refractivity contribution in [2.24, 2.45) is 0 Å². The maximum atomic E-state index is 13.7. The number of halogens is 1. The van der Waals surface area contributed by atoms with Gasteiger partial charge in [-0.2, -0.15) is 0 Å². The van der Waals surface area contributed by atoms with Gasteiger partial charge in [-0.15, -0.1) is 0 Å². The van der Waals surface area contributed by atoms with Gasteiger partial charge in [0.05, 0.1) is 12.6 Å². The number of nitrogens with zero attached hydrogens (tertiary/aromatic N) is 2. The highest BCUT2D eigenvalue weighted by Crippen LogP contribution is 2.33. The Labute approximate surface area is 182 Å². The van der Waals surface area contributed by atoms with Crippen LogP contribution in [0.1, 0.15) is 76.1 Å². The summed E-state index contributed by atoms with van der Waals surface area (Å²) in [6.07, 6.45) is 1.61. The second-order valence-electron chi connectivity index (χ2n) is 7.89. The molecular formula is C24H29FN2O4. The minimum absolute atomic E-state index is 0.0480. The average Bonchev–Trinajstić information content (AvgIpc) is 3.52. The zero-order chi connectivity index (χ0) is 22.9. The number of amides is 1. The van der Waals surface area contributed by atoms with E-state index in [1.165, 1.54) is 18.2 Å². The summed E-state index contributed by atoms with van der Waals surface area (Å²) >= 11 is 0. The number of hydrogen-bond donors (Lipinski definition) is 0. The Balaban J connectivity index is 1.99. The van der Waals surface area contributed by atoms with Crippen LogP contribution in [0.2, 0.25) is 0 Å². The van der Waals surface area contributed by atoms with Crippen molar-refractivity contribution in [3.05, 3.63) is 58.2 Å². The third kappa shape index (κ3) is 4.27. The van der Waals surface area contributed by atoms with Gasteiger partial charge in [0.25, 0.3) is 5.91 Å². The van der Waals surface area contributed by atoms with Crippen LogP contribution in [0.4, 0.5) is 4.39 Å². The maximum absolute atomic E-state index is 13.7. The van der Waals surface area contributed by atoms with E-state index in [0.29, 0.717) is 29.1 Å². The molecular weight excluding hydrogens is 399 g/mol. The van der Waals surface area contributed by atoms with Crippen molar-refractivity contribution in [3.8, 4) is 0 Å². The molecule has 1 unspecified atom stereocenters. The molecule has 1 amide bonds. The van der Waals surface area contributed by atoms with E-state index >= 15 is 0 Å². The van der Waals surface area contributed by atoms with Crippen molar-refractivity contribution in [2.45, 2.75) is 66.1 Å². The lowest BCUT2D eigenvalue weighted by Crippen LogP contribution is -2.45. The fourth-order valence-electron chi connectivity index (χ4n) is 4.23. The molecule has 1 atom stereocenters. The van der Waals surface area contributed by atoms with E-state index < -0.39 is 17.8 Å². The number of hydrogen-bond acceptors (Lipinski definition) is 4. The van der Waals surface area contributed by atoms with E-state index in [4.69, 9.17) is 4.74 Å². The maximum Gasteiger partial charge on any atom is 0.355 e. The van der Waals surface area contributed by atoms with Gasteiger partial charge in [0, 0.05) is 29.4 Å². The highest BCUT2D eigenvalue weighted by molar-refractivity contribution is 6.07. The van der Waals surface area contributed by atoms with E-state index in [0.717, 1.165) is 12.8 Å². The summed E-state index contributed by atoms with van der Waals surface area (Å²) in [6.45, 7) is 9.62. The van der Waals surface area contributed by atoms with Gasteiger partial charge >= 0.3 is 5.97 Å². The summed E-state index contributed by atoms with van der Waals surface area (Å²) in [5.41, 5.74) is 2.26. The number of ketones is 1. The third-order valence-corrected chi connectivity index (χ3v) is 5.84. The molecule has 166 valence electrons. The summed E-state index contributed by atoms with van der Waals surface area (Å²) in [5.74, 6) is -1.55. The van der Waals surface area contributed by atoms with E-state index in [1.54, 1.807) is 43.2 Å².